The lowest BCUT2D eigenvalue weighted by molar-refractivity contribution is -0.155. The SMILES string of the molecule is CCC(C)OC(=O)C(C)Oc1ccc(-c2nc(-c3ccc(-c4ccccc4)cc3)nc(-c3ccc(-c4ccccc4)cc3)n2)c(O)c1. The van der Waals surface area contributed by atoms with Gasteiger partial charge in [-0.25, -0.2) is 19.7 Å². The van der Waals surface area contributed by atoms with Crippen molar-refractivity contribution in [2.75, 3.05) is 0 Å². The van der Waals surface area contributed by atoms with Crippen LogP contribution < -0.4 is 4.74 Å². The summed E-state index contributed by atoms with van der Waals surface area (Å²) in [6, 6.07) is 41.2. The molecule has 5 aromatic carbocycles. The van der Waals surface area contributed by atoms with E-state index in [2.05, 4.69) is 24.3 Å². The second-order valence-corrected chi connectivity index (χ2v) is 11.3. The van der Waals surface area contributed by atoms with Gasteiger partial charge in [0.15, 0.2) is 23.6 Å². The monoisotopic (exact) mass is 621 g/mol. The van der Waals surface area contributed by atoms with Gasteiger partial charge >= 0.3 is 5.97 Å². The minimum atomic E-state index is -0.845. The summed E-state index contributed by atoms with van der Waals surface area (Å²) in [6.07, 6.45) is -0.346. The first-order valence-electron chi connectivity index (χ1n) is 15.7. The molecule has 234 valence electrons. The van der Waals surface area contributed by atoms with E-state index >= 15 is 0 Å². The van der Waals surface area contributed by atoms with Crippen molar-refractivity contribution in [3.05, 3.63) is 127 Å². The standard InChI is InChI=1S/C40H35N3O4/c1-4-26(2)46-40(45)27(3)47-34-23-24-35(36(44)25-34)39-42-37(32-19-15-30(16-20-32)28-11-7-5-8-12-28)41-38(43-39)33-21-17-31(18-22-33)29-13-9-6-10-14-29/h5-27,44H,4H2,1-3H3. The van der Waals surface area contributed by atoms with Gasteiger partial charge < -0.3 is 14.6 Å². The number of aromatic nitrogens is 3. The number of nitrogens with zero attached hydrogens (tertiary/aromatic N) is 3. The number of phenolic OH excluding ortho intramolecular Hbond substituents is 1. The fraction of sp³-hybridized carbons (Fsp3) is 0.150. The van der Waals surface area contributed by atoms with Gasteiger partial charge in [-0.2, -0.15) is 0 Å². The Hall–Kier alpha value is -5.82. The van der Waals surface area contributed by atoms with E-state index in [1.807, 2.05) is 98.8 Å². The zero-order valence-corrected chi connectivity index (χ0v) is 26.5. The molecule has 0 aliphatic rings. The van der Waals surface area contributed by atoms with Crippen molar-refractivity contribution in [1.82, 2.24) is 15.0 Å². The number of rotatable bonds is 10. The Morgan fingerprint density at radius 1 is 0.617 bits per heavy atom. The molecule has 47 heavy (non-hydrogen) atoms. The predicted molar refractivity (Wildman–Crippen MR) is 185 cm³/mol. The molecule has 7 heteroatoms. The first kappa shape index (κ1) is 31.2. The van der Waals surface area contributed by atoms with E-state index in [0.29, 0.717) is 35.2 Å². The quantitative estimate of drug-likeness (QED) is 0.153. The van der Waals surface area contributed by atoms with E-state index in [0.717, 1.165) is 33.4 Å². The number of carbonyl (C=O) groups is 1. The van der Waals surface area contributed by atoms with E-state index < -0.39 is 12.1 Å². The maximum absolute atomic E-state index is 12.4. The highest BCUT2D eigenvalue weighted by Gasteiger charge is 2.20. The van der Waals surface area contributed by atoms with Crippen LogP contribution in [0.4, 0.5) is 0 Å². The molecule has 1 N–H and O–H groups in total. The van der Waals surface area contributed by atoms with Crippen LogP contribution in [0.3, 0.4) is 0 Å². The highest BCUT2D eigenvalue weighted by atomic mass is 16.6. The van der Waals surface area contributed by atoms with Crippen LogP contribution in [0.25, 0.3) is 56.4 Å². The van der Waals surface area contributed by atoms with Gasteiger partial charge in [-0.15, -0.1) is 0 Å². The minimum absolute atomic E-state index is 0.0908. The molecule has 6 aromatic rings. The van der Waals surface area contributed by atoms with Crippen LogP contribution in [0.15, 0.2) is 127 Å². The van der Waals surface area contributed by atoms with Crippen LogP contribution in [0.5, 0.6) is 11.5 Å². The number of carbonyl (C=O) groups excluding carboxylic acids is 1. The number of phenols is 1. The highest BCUT2D eigenvalue weighted by molar-refractivity contribution is 5.76. The van der Waals surface area contributed by atoms with E-state index in [-0.39, 0.29) is 11.9 Å². The average Bonchev–Trinajstić information content (AvgIpc) is 3.12. The van der Waals surface area contributed by atoms with E-state index in [1.54, 1.807) is 19.1 Å². The summed E-state index contributed by atoms with van der Waals surface area (Å²) in [5.74, 6) is 1.01. The highest BCUT2D eigenvalue weighted by Crippen LogP contribution is 2.34. The van der Waals surface area contributed by atoms with E-state index in [4.69, 9.17) is 24.4 Å². The Labute approximate surface area is 274 Å². The first-order chi connectivity index (χ1) is 22.9. The molecule has 0 bridgehead atoms. The number of aromatic hydroxyl groups is 1. The minimum Gasteiger partial charge on any atom is -0.507 e. The molecule has 2 atom stereocenters. The molecule has 2 unspecified atom stereocenters. The average molecular weight is 622 g/mol. The third-order valence-electron chi connectivity index (χ3n) is 7.88. The van der Waals surface area contributed by atoms with Crippen LogP contribution in [-0.4, -0.2) is 38.2 Å². The lowest BCUT2D eigenvalue weighted by Gasteiger charge is -2.17. The maximum atomic E-state index is 12.4. The Kier molecular flexibility index (Phi) is 9.34. The van der Waals surface area contributed by atoms with Crippen molar-refractivity contribution in [2.45, 2.75) is 39.4 Å². The summed E-state index contributed by atoms with van der Waals surface area (Å²) in [7, 11) is 0. The van der Waals surface area contributed by atoms with Gasteiger partial charge in [0.05, 0.1) is 11.7 Å². The lowest BCUT2D eigenvalue weighted by atomic mass is 10.0. The number of ether oxygens (including phenoxy) is 2. The molecule has 6 rings (SSSR count). The van der Waals surface area contributed by atoms with Gasteiger partial charge in [-0.3, -0.25) is 0 Å². The third kappa shape index (κ3) is 7.36. The van der Waals surface area contributed by atoms with Gasteiger partial charge in [0.25, 0.3) is 0 Å². The van der Waals surface area contributed by atoms with Gasteiger partial charge in [-0.1, -0.05) is 116 Å². The molecule has 0 saturated heterocycles. The smallest absolute Gasteiger partial charge is 0.347 e. The number of esters is 1. The maximum Gasteiger partial charge on any atom is 0.347 e. The van der Waals surface area contributed by atoms with E-state index in [9.17, 15) is 9.90 Å². The molecular formula is C40H35N3O4. The van der Waals surface area contributed by atoms with Crippen LogP contribution in [-0.2, 0) is 9.53 Å². The molecule has 1 heterocycles. The third-order valence-corrected chi connectivity index (χ3v) is 7.88. The molecular weight excluding hydrogens is 586 g/mol. The molecule has 0 radical (unpaired) electrons. The van der Waals surface area contributed by atoms with Crippen molar-refractivity contribution in [3.8, 4) is 67.9 Å². The zero-order valence-electron chi connectivity index (χ0n) is 26.5. The Balaban J connectivity index is 1.35. The number of hydrogen-bond donors (Lipinski definition) is 1. The lowest BCUT2D eigenvalue weighted by Crippen LogP contribution is -2.29. The number of hydrogen-bond acceptors (Lipinski definition) is 7. The van der Waals surface area contributed by atoms with Gasteiger partial charge in [0.1, 0.15) is 11.5 Å². The van der Waals surface area contributed by atoms with Gasteiger partial charge in [0, 0.05) is 17.2 Å². The van der Waals surface area contributed by atoms with Crippen molar-refractivity contribution >= 4 is 5.97 Å². The van der Waals surface area contributed by atoms with Crippen molar-refractivity contribution in [2.24, 2.45) is 0 Å². The van der Waals surface area contributed by atoms with Gasteiger partial charge in [-0.05, 0) is 54.7 Å². The summed E-state index contributed by atoms with van der Waals surface area (Å²) in [6.45, 7) is 5.39. The Morgan fingerprint density at radius 2 is 1.06 bits per heavy atom. The molecule has 0 aliphatic carbocycles. The first-order valence-corrected chi connectivity index (χ1v) is 15.7. The Morgan fingerprint density at radius 3 is 1.53 bits per heavy atom. The van der Waals surface area contributed by atoms with Crippen molar-refractivity contribution < 1.29 is 19.4 Å². The summed E-state index contributed by atoms with van der Waals surface area (Å²) in [5.41, 5.74) is 6.41. The van der Waals surface area contributed by atoms with Gasteiger partial charge in [0.2, 0.25) is 0 Å². The van der Waals surface area contributed by atoms with Crippen LogP contribution in [0.2, 0.25) is 0 Å². The predicted octanol–water partition coefficient (Wildman–Crippen LogP) is 9.02. The summed E-state index contributed by atoms with van der Waals surface area (Å²) in [4.78, 5) is 26.8. The second kappa shape index (κ2) is 14.1. The van der Waals surface area contributed by atoms with E-state index in [1.165, 1.54) is 6.07 Å². The summed E-state index contributed by atoms with van der Waals surface area (Å²) < 4.78 is 11.2. The molecule has 0 aliphatic heterocycles. The molecule has 0 spiro atoms. The molecule has 1 aromatic heterocycles. The molecule has 0 fully saturated rings. The zero-order chi connectivity index (χ0) is 32.8. The largest absolute Gasteiger partial charge is 0.507 e. The van der Waals surface area contributed by atoms with Crippen LogP contribution >= 0.6 is 0 Å². The summed E-state index contributed by atoms with van der Waals surface area (Å²) >= 11 is 0. The fourth-order valence-electron chi connectivity index (χ4n) is 5.04. The second-order valence-electron chi connectivity index (χ2n) is 11.3. The van der Waals surface area contributed by atoms with Crippen LogP contribution in [0.1, 0.15) is 27.2 Å². The number of benzene rings is 5. The molecule has 0 amide bonds. The normalized spacial score (nSPS) is 12.2. The fourth-order valence-corrected chi connectivity index (χ4v) is 5.04. The van der Waals surface area contributed by atoms with Crippen molar-refractivity contribution in [1.29, 1.82) is 0 Å². The summed E-state index contributed by atoms with van der Waals surface area (Å²) in [5, 5.41) is 11.1. The van der Waals surface area contributed by atoms with Crippen molar-refractivity contribution in [3.63, 3.8) is 0 Å². The topological polar surface area (TPSA) is 94.4 Å². The van der Waals surface area contributed by atoms with Crippen LogP contribution in [0, 0.1) is 0 Å². The molecule has 0 saturated carbocycles. The Bertz CT molecular complexity index is 1860. The molecule has 7 nitrogen and oxygen atoms in total.